The third kappa shape index (κ3) is 4.35. The predicted molar refractivity (Wildman–Crippen MR) is 114 cm³/mol. The number of fused-ring (bicyclic) bond motifs is 3. The van der Waals surface area contributed by atoms with Gasteiger partial charge < -0.3 is 24.1 Å². The van der Waals surface area contributed by atoms with Crippen LogP contribution in [0.3, 0.4) is 0 Å². The third-order valence-corrected chi connectivity index (χ3v) is 6.84. The Morgan fingerprint density at radius 3 is 2.70 bits per heavy atom. The van der Waals surface area contributed by atoms with Crippen LogP contribution in [-0.2, 0) is 15.9 Å². The first kappa shape index (κ1) is 22.3. The Labute approximate surface area is 185 Å². The highest BCUT2D eigenvalue weighted by molar-refractivity contribution is 9.10. The van der Waals surface area contributed by atoms with Crippen LogP contribution in [0.4, 0.5) is 4.39 Å². The van der Waals surface area contributed by atoms with Gasteiger partial charge in [0.1, 0.15) is 6.61 Å². The highest BCUT2D eigenvalue weighted by Gasteiger charge is 2.43. The minimum Gasteiger partial charge on any atom is -0.493 e. The smallest absolute Gasteiger partial charge is 0.190 e. The molecule has 0 aliphatic carbocycles. The number of benzene rings is 1. The van der Waals surface area contributed by atoms with Crippen molar-refractivity contribution in [2.75, 3.05) is 40.0 Å². The minimum absolute atomic E-state index is 0.0601. The lowest BCUT2D eigenvalue weighted by Crippen LogP contribution is -2.53. The second-order valence-corrected chi connectivity index (χ2v) is 10.3. The molecule has 0 bridgehead atoms. The summed E-state index contributed by atoms with van der Waals surface area (Å²) in [4.78, 5) is 2.38. The van der Waals surface area contributed by atoms with E-state index >= 15 is 0 Å². The van der Waals surface area contributed by atoms with Crippen molar-refractivity contribution >= 4 is 15.9 Å². The summed E-state index contributed by atoms with van der Waals surface area (Å²) in [5.74, 6) is 1.09. The van der Waals surface area contributed by atoms with Gasteiger partial charge >= 0.3 is 0 Å². The van der Waals surface area contributed by atoms with Gasteiger partial charge in [-0.3, -0.25) is 4.90 Å². The lowest BCUT2D eigenvalue weighted by Gasteiger charge is -2.47. The first-order valence-corrected chi connectivity index (χ1v) is 11.3. The second-order valence-electron chi connectivity index (χ2n) is 9.55. The van der Waals surface area contributed by atoms with Crippen molar-refractivity contribution in [2.45, 2.75) is 63.1 Å². The van der Waals surface area contributed by atoms with Crippen molar-refractivity contribution in [3.05, 3.63) is 21.7 Å². The molecule has 4 rings (SSSR count). The Kier molecular flexibility index (Phi) is 6.09. The number of nitrogens with zero attached hydrogens (tertiary/aromatic N) is 1. The van der Waals surface area contributed by atoms with E-state index in [1.165, 1.54) is 0 Å². The minimum atomic E-state index is -1.44. The summed E-state index contributed by atoms with van der Waals surface area (Å²) in [6.07, 6.45) is 0.673. The maximum Gasteiger partial charge on any atom is 0.190 e. The molecule has 6 nitrogen and oxygen atoms in total. The number of hydrogen-bond donors (Lipinski definition) is 1. The summed E-state index contributed by atoms with van der Waals surface area (Å²) in [7, 11) is 1.59. The van der Waals surface area contributed by atoms with E-state index < -0.39 is 11.8 Å². The molecule has 168 valence electrons. The third-order valence-electron chi connectivity index (χ3n) is 6.00. The molecule has 30 heavy (non-hydrogen) atoms. The van der Waals surface area contributed by atoms with Crippen molar-refractivity contribution in [1.82, 2.24) is 4.90 Å². The van der Waals surface area contributed by atoms with Gasteiger partial charge in [-0.1, -0.05) is 0 Å². The first-order chi connectivity index (χ1) is 14.1. The molecule has 1 aromatic rings. The topological polar surface area (TPSA) is 60.4 Å². The van der Waals surface area contributed by atoms with Crippen molar-refractivity contribution in [3.63, 3.8) is 0 Å². The summed E-state index contributed by atoms with van der Waals surface area (Å²) in [6.45, 7) is 7.63. The summed E-state index contributed by atoms with van der Waals surface area (Å²) >= 11 is 3.69. The van der Waals surface area contributed by atoms with Gasteiger partial charge in [-0.05, 0) is 66.7 Å². The SMILES string of the molecule is COc1cc2c(c(Br)c1OCC1(F)COC1)CCN1C[C@@H](OC(C)(C)C)[C@H](O)C[C@H]21. The van der Waals surface area contributed by atoms with Crippen molar-refractivity contribution < 1.29 is 28.4 Å². The number of rotatable bonds is 5. The number of aliphatic hydroxyl groups is 1. The molecular formula is C22H31BrFNO5. The molecule has 2 fully saturated rings. The maximum absolute atomic E-state index is 14.4. The largest absolute Gasteiger partial charge is 0.493 e. The van der Waals surface area contributed by atoms with Gasteiger partial charge in [0.05, 0.1) is 42.6 Å². The van der Waals surface area contributed by atoms with E-state index in [-0.39, 0.29) is 37.6 Å². The zero-order valence-electron chi connectivity index (χ0n) is 18.0. The molecule has 8 heteroatoms. The normalized spacial score (nSPS) is 28.3. The van der Waals surface area contributed by atoms with Crippen LogP contribution in [0.1, 0.15) is 44.4 Å². The Morgan fingerprint density at radius 2 is 2.10 bits per heavy atom. The zero-order valence-corrected chi connectivity index (χ0v) is 19.6. The molecule has 3 heterocycles. The summed E-state index contributed by atoms with van der Waals surface area (Å²) in [6, 6.07) is 2.06. The maximum atomic E-state index is 14.4. The average molecular weight is 488 g/mol. The Hall–Kier alpha value is -0.930. The van der Waals surface area contributed by atoms with Crippen LogP contribution in [-0.4, -0.2) is 73.5 Å². The molecule has 0 spiro atoms. The van der Waals surface area contributed by atoms with E-state index in [2.05, 4.69) is 20.8 Å². The van der Waals surface area contributed by atoms with Gasteiger partial charge in [0.15, 0.2) is 17.2 Å². The number of halogens is 2. The highest BCUT2D eigenvalue weighted by atomic mass is 79.9. The van der Waals surface area contributed by atoms with Gasteiger partial charge in [0.2, 0.25) is 0 Å². The van der Waals surface area contributed by atoms with E-state index in [0.717, 1.165) is 28.6 Å². The molecule has 3 aliphatic heterocycles. The number of alkyl halides is 1. The van der Waals surface area contributed by atoms with Crippen molar-refractivity contribution in [1.29, 1.82) is 0 Å². The number of ether oxygens (including phenoxy) is 4. The van der Waals surface area contributed by atoms with Crippen molar-refractivity contribution in [2.24, 2.45) is 0 Å². The summed E-state index contributed by atoms with van der Waals surface area (Å²) in [5.41, 5.74) is 0.510. The van der Waals surface area contributed by atoms with Crippen LogP contribution >= 0.6 is 15.9 Å². The zero-order chi connectivity index (χ0) is 21.7. The quantitative estimate of drug-likeness (QED) is 0.686. The van der Waals surface area contributed by atoms with Crippen LogP contribution < -0.4 is 9.47 Å². The van der Waals surface area contributed by atoms with Gasteiger partial charge in [-0.25, -0.2) is 4.39 Å². The first-order valence-electron chi connectivity index (χ1n) is 10.5. The van der Waals surface area contributed by atoms with Crippen LogP contribution in [0.2, 0.25) is 0 Å². The number of aliphatic hydroxyl groups excluding tert-OH is 1. The van der Waals surface area contributed by atoms with Crippen LogP contribution in [0.5, 0.6) is 11.5 Å². The second kappa shape index (κ2) is 8.20. The lowest BCUT2D eigenvalue weighted by atomic mass is 9.84. The molecule has 0 amide bonds. The van der Waals surface area contributed by atoms with Crippen LogP contribution in [0.15, 0.2) is 10.5 Å². The van der Waals surface area contributed by atoms with Crippen LogP contribution in [0, 0.1) is 0 Å². The lowest BCUT2D eigenvalue weighted by molar-refractivity contribution is -0.149. The predicted octanol–water partition coefficient (Wildman–Crippen LogP) is 3.42. The van der Waals surface area contributed by atoms with Gasteiger partial charge in [0.25, 0.3) is 0 Å². The Balaban J connectivity index is 1.58. The number of hydrogen-bond acceptors (Lipinski definition) is 6. The highest BCUT2D eigenvalue weighted by Crippen LogP contribution is 2.47. The number of methoxy groups -OCH3 is 1. The fraction of sp³-hybridized carbons (Fsp3) is 0.727. The van der Waals surface area contributed by atoms with Gasteiger partial charge in [0, 0.05) is 19.1 Å². The van der Waals surface area contributed by atoms with Gasteiger partial charge in [-0.15, -0.1) is 0 Å². The van der Waals surface area contributed by atoms with Gasteiger partial charge in [-0.2, -0.15) is 0 Å². The molecule has 0 saturated carbocycles. The Bertz CT molecular complexity index is 795. The molecule has 0 aromatic heterocycles. The number of piperidine rings is 1. The Morgan fingerprint density at radius 1 is 1.37 bits per heavy atom. The molecule has 3 atom stereocenters. The summed E-state index contributed by atoms with van der Waals surface area (Å²) < 4.78 is 37.7. The standard InChI is InChI=1S/C22H31BrFNO5/c1-21(2,3)30-18-9-25-6-5-13-14(15(25)8-16(18)26)7-17(27-4)20(19(13)23)29-12-22(24)10-28-11-22/h7,15-16,18,26H,5-6,8-12H2,1-4H3/t15-,16-,18-/m1/s1. The van der Waals surface area contributed by atoms with Crippen molar-refractivity contribution in [3.8, 4) is 11.5 Å². The van der Waals surface area contributed by atoms with E-state index in [9.17, 15) is 9.50 Å². The molecule has 3 aliphatic rings. The molecule has 1 N–H and O–H groups in total. The van der Waals surface area contributed by atoms with E-state index in [0.29, 0.717) is 24.5 Å². The molecule has 1 aromatic carbocycles. The fourth-order valence-corrected chi connectivity index (χ4v) is 5.25. The molecule has 2 saturated heterocycles. The molecule has 0 radical (unpaired) electrons. The van der Waals surface area contributed by atoms with E-state index in [1.807, 2.05) is 26.8 Å². The monoisotopic (exact) mass is 487 g/mol. The fourth-order valence-electron chi connectivity index (χ4n) is 4.52. The van der Waals surface area contributed by atoms with Crippen LogP contribution in [0.25, 0.3) is 0 Å². The molecule has 0 unspecified atom stereocenters. The molecular weight excluding hydrogens is 457 g/mol. The van der Waals surface area contributed by atoms with E-state index in [1.54, 1.807) is 7.11 Å². The van der Waals surface area contributed by atoms with E-state index in [4.69, 9.17) is 18.9 Å². The average Bonchev–Trinajstić information content (AvgIpc) is 2.65. The summed E-state index contributed by atoms with van der Waals surface area (Å²) in [5, 5.41) is 10.8.